The average molecular weight is 309 g/mol. The van der Waals surface area contributed by atoms with Gasteiger partial charge in [-0.15, -0.1) is 11.3 Å². The van der Waals surface area contributed by atoms with E-state index >= 15 is 0 Å². The van der Waals surface area contributed by atoms with Crippen molar-refractivity contribution in [2.24, 2.45) is 0 Å². The fourth-order valence-corrected chi connectivity index (χ4v) is 3.86. The normalized spacial score (nSPS) is 14.1. The van der Waals surface area contributed by atoms with Crippen LogP contribution in [0.25, 0.3) is 10.2 Å². The van der Waals surface area contributed by atoms with E-state index in [2.05, 4.69) is 15.3 Å². The van der Waals surface area contributed by atoms with E-state index in [1.807, 2.05) is 0 Å². The summed E-state index contributed by atoms with van der Waals surface area (Å²) in [5, 5.41) is 13.1. The molecule has 0 spiro atoms. The molecule has 0 unspecified atom stereocenters. The van der Waals surface area contributed by atoms with Crippen LogP contribution in [-0.2, 0) is 17.6 Å². The highest BCUT2D eigenvalue weighted by atomic mass is 32.1. The summed E-state index contributed by atoms with van der Waals surface area (Å²) in [6, 6.07) is 0. The molecule has 1 aliphatic carbocycles. The lowest BCUT2D eigenvalue weighted by atomic mass is 9.97. The van der Waals surface area contributed by atoms with Crippen LogP contribution >= 0.6 is 23.6 Å². The van der Waals surface area contributed by atoms with E-state index in [1.165, 1.54) is 23.3 Å². The molecular formula is C13H15N3O2S2. The maximum atomic E-state index is 8.74. The second kappa shape index (κ2) is 5.99. The minimum Gasteiger partial charge on any atom is -0.468 e. The zero-order chi connectivity index (χ0) is 13.9. The van der Waals surface area contributed by atoms with E-state index in [0.717, 1.165) is 23.1 Å². The van der Waals surface area contributed by atoms with Crippen LogP contribution in [0.15, 0.2) is 6.33 Å². The summed E-state index contributed by atoms with van der Waals surface area (Å²) in [4.78, 5) is 11.1. The predicted molar refractivity (Wildman–Crippen MR) is 83.3 cm³/mol. The largest absolute Gasteiger partial charge is 0.468 e. The van der Waals surface area contributed by atoms with Gasteiger partial charge in [-0.05, 0) is 43.5 Å². The Bertz CT molecular complexity index is 642. The molecule has 0 atom stereocenters. The minimum absolute atomic E-state index is 0.0607. The second-order valence-corrected chi connectivity index (χ2v) is 6.05. The van der Waals surface area contributed by atoms with Gasteiger partial charge in [-0.2, -0.15) is 0 Å². The molecule has 2 N–H and O–H groups in total. The molecule has 0 fully saturated rings. The van der Waals surface area contributed by atoms with Crippen LogP contribution in [0.2, 0.25) is 0 Å². The maximum absolute atomic E-state index is 8.74. The Morgan fingerprint density at radius 1 is 1.40 bits per heavy atom. The molecule has 0 amide bonds. The number of ether oxygens (including phenoxy) is 1. The SMILES string of the molecule is OCCOC(=S)Nc1ncnc2sc3c(c12)CCCC3. The van der Waals surface area contributed by atoms with E-state index in [4.69, 9.17) is 22.1 Å². The molecule has 3 rings (SSSR count). The van der Waals surface area contributed by atoms with Crippen molar-refractivity contribution in [1.82, 2.24) is 9.97 Å². The molecule has 5 nitrogen and oxygen atoms in total. The molecule has 0 saturated carbocycles. The first-order chi connectivity index (χ1) is 9.79. The Kier molecular flexibility index (Phi) is 4.09. The van der Waals surface area contributed by atoms with Gasteiger partial charge in [0.2, 0.25) is 0 Å². The summed E-state index contributed by atoms with van der Waals surface area (Å²) in [5.41, 5.74) is 1.35. The highest BCUT2D eigenvalue weighted by Gasteiger charge is 2.20. The Morgan fingerprint density at radius 2 is 2.25 bits per heavy atom. The van der Waals surface area contributed by atoms with Crippen molar-refractivity contribution in [3.05, 3.63) is 16.8 Å². The van der Waals surface area contributed by atoms with E-state index in [1.54, 1.807) is 17.7 Å². The quantitative estimate of drug-likeness (QED) is 0.848. The number of hydrogen-bond donors (Lipinski definition) is 2. The Labute approximate surface area is 126 Å². The van der Waals surface area contributed by atoms with Crippen molar-refractivity contribution >= 4 is 44.8 Å². The van der Waals surface area contributed by atoms with Crippen LogP contribution in [0, 0.1) is 0 Å². The van der Waals surface area contributed by atoms with E-state index in [9.17, 15) is 0 Å². The molecule has 0 saturated heterocycles. The van der Waals surface area contributed by atoms with Crippen molar-refractivity contribution in [2.75, 3.05) is 18.5 Å². The molecule has 2 aromatic rings. The number of aliphatic hydroxyl groups is 1. The highest BCUT2D eigenvalue weighted by molar-refractivity contribution is 7.80. The van der Waals surface area contributed by atoms with Crippen LogP contribution in [0.3, 0.4) is 0 Å². The Morgan fingerprint density at radius 3 is 3.10 bits per heavy atom. The first-order valence-corrected chi connectivity index (χ1v) is 7.82. The van der Waals surface area contributed by atoms with Crippen LogP contribution in [0.5, 0.6) is 0 Å². The van der Waals surface area contributed by atoms with Crippen LogP contribution < -0.4 is 5.32 Å². The number of thiocarbonyl (C=S) groups is 1. The minimum atomic E-state index is -0.0607. The summed E-state index contributed by atoms with van der Waals surface area (Å²) in [6.45, 7) is 0.122. The molecule has 2 aromatic heterocycles. The van der Waals surface area contributed by atoms with E-state index in [-0.39, 0.29) is 18.4 Å². The lowest BCUT2D eigenvalue weighted by Gasteiger charge is -2.12. The number of fused-ring (bicyclic) bond motifs is 3. The van der Waals surface area contributed by atoms with Gasteiger partial charge >= 0.3 is 0 Å². The Hall–Kier alpha value is -1.31. The standard InChI is InChI=1S/C13H15N3O2S2/c17-5-6-18-13(19)16-11-10-8-3-1-2-4-9(8)20-12(10)15-7-14-11/h7,17H,1-6H2,(H,14,15,16,19). The van der Waals surface area contributed by atoms with Gasteiger partial charge in [0.15, 0.2) is 0 Å². The summed E-state index contributed by atoms with van der Waals surface area (Å²) >= 11 is 6.84. The number of rotatable bonds is 3. The van der Waals surface area contributed by atoms with Gasteiger partial charge in [-0.3, -0.25) is 0 Å². The summed E-state index contributed by atoms with van der Waals surface area (Å²) < 4.78 is 5.18. The number of hydrogen-bond acceptors (Lipinski definition) is 6. The monoisotopic (exact) mass is 309 g/mol. The van der Waals surface area contributed by atoms with Gasteiger partial charge in [-0.25, -0.2) is 9.97 Å². The average Bonchev–Trinajstić information content (AvgIpc) is 2.84. The number of thiophene rings is 1. The molecule has 0 aromatic carbocycles. The molecular weight excluding hydrogens is 294 g/mol. The molecule has 2 heterocycles. The number of nitrogens with zero attached hydrogens (tertiary/aromatic N) is 2. The fourth-order valence-electron chi connectivity index (χ4n) is 2.46. The summed E-state index contributed by atoms with van der Waals surface area (Å²) in [6.07, 6.45) is 6.19. The number of aliphatic hydroxyl groups excluding tert-OH is 1. The first kappa shape index (κ1) is 13.7. The predicted octanol–water partition coefficient (Wildman–Crippen LogP) is 2.28. The fraction of sp³-hybridized carbons (Fsp3) is 0.462. The molecule has 20 heavy (non-hydrogen) atoms. The van der Waals surface area contributed by atoms with Crippen molar-refractivity contribution < 1.29 is 9.84 Å². The van der Waals surface area contributed by atoms with Gasteiger partial charge in [-0.1, -0.05) is 0 Å². The van der Waals surface area contributed by atoms with Gasteiger partial charge in [0.25, 0.3) is 5.17 Å². The molecule has 0 bridgehead atoms. The van der Waals surface area contributed by atoms with Crippen molar-refractivity contribution in [3.8, 4) is 0 Å². The number of aryl methyl sites for hydroxylation is 2. The maximum Gasteiger partial charge on any atom is 0.262 e. The van der Waals surface area contributed by atoms with E-state index < -0.39 is 0 Å². The number of anilines is 1. The third-order valence-electron chi connectivity index (χ3n) is 3.30. The van der Waals surface area contributed by atoms with Crippen LogP contribution in [0.4, 0.5) is 5.82 Å². The zero-order valence-corrected chi connectivity index (χ0v) is 12.5. The third kappa shape index (κ3) is 2.61. The van der Waals surface area contributed by atoms with Crippen molar-refractivity contribution in [1.29, 1.82) is 0 Å². The molecule has 7 heteroatoms. The molecule has 0 aliphatic heterocycles. The van der Waals surface area contributed by atoms with Gasteiger partial charge < -0.3 is 15.2 Å². The smallest absolute Gasteiger partial charge is 0.262 e. The summed E-state index contributed by atoms with van der Waals surface area (Å²) in [7, 11) is 0. The third-order valence-corrected chi connectivity index (χ3v) is 4.72. The molecule has 1 aliphatic rings. The van der Waals surface area contributed by atoms with Gasteiger partial charge in [0.05, 0.1) is 12.0 Å². The lowest BCUT2D eigenvalue weighted by Crippen LogP contribution is -2.16. The van der Waals surface area contributed by atoms with Crippen molar-refractivity contribution in [2.45, 2.75) is 25.7 Å². The van der Waals surface area contributed by atoms with Gasteiger partial charge in [0, 0.05) is 4.88 Å². The second-order valence-electron chi connectivity index (χ2n) is 4.60. The Balaban J connectivity index is 1.94. The zero-order valence-electron chi connectivity index (χ0n) is 10.9. The van der Waals surface area contributed by atoms with Crippen LogP contribution in [-0.4, -0.2) is 33.5 Å². The van der Waals surface area contributed by atoms with Gasteiger partial charge in [0.1, 0.15) is 23.6 Å². The summed E-state index contributed by atoms with van der Waals surface area (Å²) in [5.74, 6) is 0.706. The van der Waals surface area contributed by atoms with E-state index in [0.29, 0.717) is 5.82 Å². The first-order valence-electron chi connectivity index (χ1n) is 6.59. The van der Waals surface area contributed by atoms with Crippen molar-refractivity contribution in [3.63, 3.8) is 0 Å². The highest BCUT2D eigenvalue weighted by Crippen LogP contribution is 2.38. The lowest BCUT2D eigenvalue weighted by molar-refractivity contribution is 0.197. The molecule has 106 valence electrons. The van der Waals surface area contributed by atoms with Crippen LogP contribution in [0.1, 0.15) is 23.3 Å². The molecule has 0 radical (unpaired) electrons. The topological polar surface area (TPSA) is 67.3 Å². The number of nitrogens with one attached hydrogen (secondary N) is 1. The number of aromatic nitrogens is 2.